The Bertz CT molecular complexity index is 614. The second-order valence-electron chi connectivity index (χ2n) is 6.77. The molecule has 2 rings (SSSR count). The van der Waals surface area contributed by atoms with Crippen LogP contribution in [-0.4, -0.2) is 34.9 Å². The third-order valence-corrected chi connectivity index (χ3v) is 3.97. The second kappa shape index (κ2) is 6.86. The Morgan fingerprint density at radius 3 is 2.35 bits per heavy atom. The van der Waals surface area contributed by atoms with Crippen molar-refractivity contribution in [1.82, 2.24) is 0 Å². The molecule has 1 aliphatic rings. The molecule has 1 aliphatic carbocycles. The van der Waals surface area contributed by atoms with Crippen LogP contribution in [0.5, 0.6) is 0 Å². The van der Waals surface area contributed by atoms with Crippen molar-refractivity contribution in [3.63, 3.8) is 0 Å². The van der Waals surface area contributed by atoms with E-state index in [4.69, 9.17) is 0 Å². The van der Waals surface area contributed by atoms with Crippen LogP contribution in [0.2, 0.25) is 0 Å². The number of hydrogen-bond donors (Lipinski definition) is 1. The molecule has 0 amide bonds. The fourth-order valence-electron chi connectivity index (χ4n) is 2.80. The highest BCUT2D eigenvalue weighted by atomic mass is 16.4. The number of carboxylic acid groups (broad SMARTS) is 1. The molecular weight excluding hydrogens is 294 g/mol. The van der Waals surface area contributed by atoms with Crippen molar-refractivity contribution in [3.05, 3.63) is 35.9 Å². The molecule has 0 heterocycles. The van der Waals surface area contributed by atoms with E-state index in [2.05, 4.69) is 4.99 Å². The average Bonchev–Trinajstić information content (AvgIpc) is 2.44. The number of carbonyl (C=O) groups is 3. The monoisotopic (exact) mass is 315 g/mol. The molecule has 0 bridgehead atoms. The molecule has 1 saturated carbocycles. The molecule has 0 aromatic heterocycles. The highest BCUT2D eigenvalue weighted by Crippen LogP contribution is 2.33. The van der Waals surface area contributed by atoms with E-state index in [1.165, 1.54) is 6.21 Å². The fraction of sp³-hybridized carbons (Fsp3) is 0.444. The topological polar surface area (TPSA) is 83.8 Å². The van der Waals surface area contributed by atoms with E-state index in [1.807, 2.05) is 44.2 Å². The Morgan fingerprint density at radius 2 is 1.83 bits per heavy atom. The normalized spacial score (nSPS) is 19.9. The first-order valence-corrected chi connectivity index (χ1v) is 7.64. The lowest BCUT2D eigenvalue weighted by atomic mass is 9.72. The second-order valence-corrected chi connectivity index (χ2v) is 6.77. The van der Waals surface area contributed by atoms with Crippen LogP contribution in [0.3, 0.4) is 0 Å². The van der Waals surface area contributed by atoms with Crippen LogP contribution in [0, 0.1) is 11.3 Å². The van der Waals surface area contributed by atoms with Gasteiger partial charge in [0.05, 0.1) is 0 Å². The Kier molecular flexibility index (Phi) is 5.08. The predicted octanol–water partition coefficient (Wildman–Crippen LogP) is 2.33. The van der Waals surface area contributed by atoms with Gasteiger partial charge in [-0.1, -0.05) is 44.2 Å². The molecule has 0 unspecified atom stereocenters. The van der Waals surface area contributed by atoms with Crippen molar-refractivity contribution < 1.29 is 19.5 Å². The molecule has 1 fully saturated rings. The van der Waals surface area contributed by atoms with Gasteiger partial charge < -0.3 is 5.11 Å². The summed E-state index contributed by atoms with van der Waals surface area (Å²) in [6.45, 7) is 3.76. The van der Waals surface area contributed by atoms with Crippen LogP contribution >= 0.6 is 0 Å². The minimum atomic E-state index is -1.07. The van der Waals surface area contributed by atoms with Crippen LogP contribution in [-0.2, 0) is 20.8 Å². The maximum atomic E-state index is 12.1. The van der Waals surface area contributed by atoms with Crippen molar-refractivity contribution in [3.8, 4) is 0 Å². The van der Waals surface area contributed by atoms with Gasteiger partial charge in [0.25, 0.3) is 0 Å². The number of aliphatic imine (C=N–C) groups is 1. The Labute approximate surface area is 135 Å². The van der Waals surface area contributed by atoms with Crippen LogP contribution < -0.4 is 0 Å². The van der Waals surface area contributed by atoms with E-state index in [0.717, 1.165) is 5.56 Å². The van der Waals surface area contributed by atoms with Crippen molar-refractivity contribution in [2.75, 3.05) is 0 Å². The summed E-state index contributed by atoms with van der Waals surface area (Å²) in [7, 11) is 0. The Hall–Kier alpha value is -2.30. The number of rotatable bonds is 5. The molecule has 5 heteroatoms. The zero-order valence-corrected chi connectivity index (χ0v) is 13.4. The number of ketones is 2. The molecule has 1 N–H and O–H groups in total. The summed E-state index contributed by atoms with van der Waals surface area (Å²) in [5, 5.41) is 9.30. The summed E-state index contributed by atoms with van der Waals surface area (Å²) in [6.07, 6.45) is 2.09. The maximum absolute atomic E-state index is 12.1. The van der Waals surface area contributed by atoms with Crippen LogP contribution in [0.4, 0.5) is 0 Å². The van der Waals surface area contributed by atoms with E-state index in [-0.39, 0.29) is 23.4 Å². The number of benzene rings is 1. The number of hydrogen-bond acceptors (Lipinski definition) is 4. The predicted molar refractivity (Wildman–Crippen MR) is 86.6 cm³/mol. The molecule has 0 radical (unpaired) electrons. The van der Waals surface area contributed by atoms with Gasteiger partial charge in [0.1, 0.15) is 17.5 Å². The van der Waals surface area contributed by atoms with Crippen LogP contribution in [0.15, 0.2) is 35.3 Å². The Morgan fingerprint density at radius 1 is 1.26 bits per heavy atom. The lowest BCUT2D eigenvalue weighted by Crippen LogP contribution is -2.38. The van der Waals surface area contributed by atoms with E-state index in [9.17, 15) is 19.5 Å². The summed E-state index contributed by atoms with van der Waals surface area (Å²) < 4.78 is 0. The molecule has 0 aliphatic heterocycles. The molecule has 1 atom stereocenters. The van der Waals surface area contributed by atoms with E-state index < -0.39 is 17.9 Å². The molecule has 23 heavy (non-hydrogen) atoms. The largest absolute Gasteiger partial charge is 0.480 e. The SMILES string of the molecule is CC1(C)CC(=O)C(C=N[C@@H](Cc2ccccc2)C(=O)O)C(=O)C1. The van der Waals surface area contributed by atoms with E-state index in [0.29, 0.717) is 12.8 Å². The zero-order valence-electron chi connectivity index (χ0n) is 13.4. The standard InChI is InChI=1S/C18H21NO4/c1-18(2)9-15(20)13(16(21)10-18)11-19-14(17(22)23)8-12-6-4-3-5-7-12/h3-7,11,13-14H,8-10H2,1-2H3,(H,22,23)/t14-/m0/s1. The summed E-state index contributed by atoms with van der Waals surface area (Å²) in [5.74, 6) is -2.33. The number of carbonyl (C=O) groups excluding carboxylic acids is 2. The molecule has 1 aromatic rings. The molecule has 5 nitrogen and oxygen atoms in total. The fourth-order valence-corrected chi connectivity index (χ4v) is 2.80. The maximum Gasteiger partial charge on any atom is 0.328 e. The van der Waals surface area contributed by atoms with Crippen molar-refractivity contribution in [2.45, 2.75) is 39.2 Å². The molecule has 0 spiro atoms. The highest BCUT2D eigenvalue weighted by molar-refractivity contribution is 6.16. The quantitative estimate of drug-likeness (QED) is 0.667. The van der Waals surface area contributed by atoms with Gasteiger partial charge in [0, 0.05) is 25.5 Å². The van der Waals surface area contributed by atoms with Crippen LogP contribution in [0.1, 0.15) is 32.3 Å². The minimum absolute atomic E-state index is 0.182. The van der Waals surface area contributed by atoms with Gasteiger partial charge >= 0.3 is 5.97 Å². The average molecular weight is 315 g/mol. The number of aliphatic carboxylic acids is 1. The lowest BCUT2D eigenvalue weighted by molar-refractivity contribution is -0.139. The van der Waals surface area contributed by atoms with Crippen molar-refractivity contribution >= 4 is 23.8 Å². The van der Waals surface area contributed by atoms with Gasteiger partial charge in [-0.15, -0.1) is 0 Å². The number of carboxylic acids is 1. The minimum Gasteiger partial charge on any atom is -0.480 e. The van der Waals surface area contributed by atoms with Gasteiger partial charge in [0.15, 0.2) is 6.04 Å². The first-order valence-electron chi connectivity index (χ1n) is 7.64. The molecule has 1 aromatic carbocycles. The van der Waals surface area contributed by atoms with Crippen LogP contribution in [0.25, 0.3) is 0 Å². The van der Waals surface area contributed by atoms with Crippen molar-refractivity contribution in [1.29, 1.82) is 0 Å². The summed E-state index contributed by atoms with van der Waals surface area (Å²) >= 11 is 0. The van der Waals surface area contributed by atoms with Gasteiger partial charge in [-0.2, -0.15) is 0 Å². The summed E-state index contributed by atoms with van der Waals surface area (Å²) in [4.78, 5) is 39.6. The summed E-state index contributed by atoms with van der Waals surface area (Å²) in [6, 6.07) is 8.16. The number of Topliss-reactive ketones (excluding diaryl/α,β-unsaturated/α-hetero) is 2. The van der Waals surface area contributed by atoms with Gasteiger partial charge in [0.2, 0.25) is 0 Å². The highest BCUT2D eigenvalue weighted by Gasteiger charge is 2.38. The van der Waals surface area contributed by atoms with E-state index in [1.54, 1.807) is 0 Å². The lowest BCUT2D eigenvalue weighted by Gasteiger charge is -2.30. The molecule has 122 valence electrons. The Balaban J connectivity index is 2.10. The number of nitrogens with zero attached hydrogens (tertiary/aromatic N) is 1. The van der Waals surface area contributed by atoms with Gasteiger partial charge in [-0.3, -0.25) is 14.6 Å². The first-order chi connectivity index (χ1) is 10.8. The van der Waals surface area contributed by atoms with Crippen molar-refractivity contribution in [2.24, 2.45) is 16.3 Å². The first kappa shape index (κ1) is 17.1. The zero-order chi connectivity index (χ0) is 17.0. The van der Waals surface area contributed by atoms with Gasteiger partial charge in [-0.25, -0.2) is 4.79 Å². The van der Waals surface area contributed by atoms with Gasteiger partial charge in [-0.05, 0) is 11.0 Å². The third kappa shape index (κ3) is 4.58. The summed E-state index contributed by atoms with van der Waals surface area (Å²) in [5.41, 5.74) is 0.522. The smallest absolute Gasteiger partial charge is 0.328 e. The molecule has 0 saturated heterocycles. The molecular formula is C18H21NO4. The third-order valence-electron chi connectivity index (χ3n) is 3.97. The van der Waals surface area contributed by atoms with E-state index >= 15 is 0 Å².